The topological polar surface area (TPSA) is 75.8 Å². The van der Waals surface area contributed by atoms with Crippen molar-refractivity contribution in [1.29, 1.82) is 5.26 Å². The molecule has 11 heavy (non-hydrogen) atoms. The molecule has 0 saturated carbocycles. The van der Waals surface area contributed by atoms with Gasteiger partial charge in [-0.2, -0.15) is 5.26 Å². The van der Waals surface area contributed by atoms with E-state index < -0.39 is 0 Å². The smallest absolute Gasteiger partial charge is 0.0855 e. The Morgan fingerprint density at radius 3 is 2.82 bits per heavy atom. The van der Waals surface area contributed by atoms with Crippen LogP contribution in [0.25, 0.3) is 0 Å². The molecule has 3 nitrogen and oxygen atoms in total. The number of allylic oxidation sites excluding steroid dienone is 1. The van der Waals surface area contributed by atoms with Gasteiger partial charge in [0.05, 0.1) is 12.0 Å². The van der Waals surface area contributed by atoms with Gasteiger partial charge in [0.25, 0.3) is 0 Å². The van der Waals surface area contributed by atoms with E-state index in [2.05, 4.69) is 6.07 Å². The van der Waals surface area contributed by atoms with Gasteiger partial charge in [0.1, 0.15) is 0 Å². The molecule has 4 N–H and O–H groups in total. The zero-order valence-corrected chi connectivity index (χ0v) is 6.41. The first-order valence-electron chi connectivity index (χ1n) is 3.46. The van der Waals surface area contributed by atoms with Crippen molar-refractivity contribution >= 4 is 0 Å². The standard InChI is InChI=1S/C8H11N3/c1-5-2-7(10)3-6(4-9)8(5)11/h2-3,6,8H,10-11H2,1H3. The van der Waals surface area contributed by atoms with Crippen molar-refractivity contribution in [2.75, 3.05) is 0 Å². The average molecular weight is 149 g/mol. The SMILES string of the molecule is CC1=CC(N)=CC(C#N)C1N. The van der Waals surface area contributed by atoms with Crippen LogP contribution in [0.1, 0.15) is 6.92 Å². The Morgan fingerprint density at radius 1 is 1.64 bits per heavy atom. The third-order valence-electron chi connectivity index (χ3n) is 1.83. The predicted octanol–water partition coefficient (Wildman–Crippen LogP) is 0.256. The molecule has 2 atom stereocenters. The van der Waals surface area contributed by atoms with E-state index in [4.69, 9.17) is 16.7 Å². The fourth-order valence-electron chi connectivity index (χ4n) is 1.12. The minimum absolute atomic E-state index is 0.188. The van der Waals surface area contributed by atoms with E-state index >= 15 is 0 Å². The van der Waals surface area contributed by atoms with E-state index in [1.54, 1.807) is 12.2 Å². The van der Waals surface area contributed by atoms with Gasteiger partial charge in [0, 0.05) is 11.7 Å². The van der Waals surface area contributed by atoms with Crippen molar-refractivity contribution in [3.05, 3.63) is 23.4 Å². The van der Waals surface area contributed by atoms with Crippen LogP contribution in [0.5, 0.6) is 0 Å². The first kappa shape index (κ1) is 7.83. The summed E-state index contributed by atoms with van der Waals surface area (Å²) < 4.78 is 0. The van der Waals surface area contributed by atoms with Crippen molar-refractivity contribution in [3.8, 4) is 6.07 Å². The van der Waals surface area contributed by atoms with Crippen molar-refractivity contribution in [1.82, 2.24) is 0 Å². The van der Waals surface area contributed by atoms with E-state index in [-0.39, 0.29) is 12.0 Å². The Balaban J connectivity index is 2.92. The Kier molecular flexibility index (Phi) is 1.97. The highest BCUT2D eigenvalue weighted by Gasteiger charge is 2.19. The van der Waals surface area contributed by atoms with Crippen LogP contribution < -0.4 is 11.5 Å². The number of nitrogens with zero attached hydrogens (tertiary/aromatic N) is 1. The third kappa shape index (κ3) is 1.41. The molecule has 2 unspecified atom stereocenters. The molecule has 0 aromatic carbocycles. The lowest BCUT2D eigenvalue weighted by molar-refractivity contribution is 0.654. The third-order valence-corrected chi connectivity index (χ3v) is 1.83. The fourth-order valence-corrected chi connectivity index (χ4v) is 1.12. The van der Waals surface area contributed by atoms with E-state index in [0.717, 1.165) is 5.57 Å². The number of hydrogen-bond donors (Lipinski definition) is 2. The summed E-state index contributed by atoms with van der Waals surface area (Å²) in [5, 5.41) is 8.64. The summed E-state index contributed by atoms with van der Waals surface area (Å²) >= 11 is 0. The molecule has 0 spiro atoms. The summed E-state index contributed by atoms with van der Waals surface area (Å²) in [7, 11) is 0. The van der Waals surface area contributed by atoms with Crippen LogP contribution >= 0.6 is 0 Å². The highest BCUT2D eigenvalue weighted by atomic mass is 14.7. The van der Waals surface area contributed by atoms with Crippen molar-refractivity contribution in [2.24, 2.45) is 17.4 Å². The maximum atomic E-state index is 8.64. The number of nitrogens with two attached hydrogens (primary N) is 2. The van der Waals surface area contributed by atoms with Crippen LogP contribution in [-0.4, -0.2) is 6.04 Å². The highest BCUT2D eigenvalue weighted by Crippen LogP contribution is 2.18. The normalized spacial score (nSPS) is 30.3. The lowest BCUT2D eigenvalue weighted by Crippen LogP contribution is -2.32. The van der Waals surface area contributed by atoms with Crippen LogP contribution in [0, 0.1) is 17.2 Å². The maximum absolute atomic E-state index is 8.64. The van der Waals surface area contributed by atoms with Crippen LogP contribution in [0.15, 0.2) is 23.4 Å². The molecule has 0 heterocycles. The molecule has 0 aromatic rings. The van der Waals surface area contributed by atoms with Crippen LogP contribution in [0.3, 0.4) is 0 Å². The molecule has 0 bridgehead atoms. The Labute approximate surface area is 66.0 Å². The molecule has 1 aliphatic carbocycles. The molecule has 1 aliphatic rings. The van der Waals surface area contributed by atoms with Crippen LogP contribution in [0.4, 0.5) is 0 Å². The monoisotopic (exact) mass is 149 g/mol. The molecule has 1 rings (SSSR count). The van der Waals surface area contributed by atoms with Gasteiger partial charge >= 0.3 is 0 Å². The van der Waals surface area contributed by atoms with E-state index in [1.165, 1.54) is 0 Å². The molecule has 0 aromatic heterocycles. The summed E-state index contributed by atoms with van der Waals surface area (Å²) in [6.45, 7) is 1.88. The second-order valence-electron chi connectivity index (χ2n) is 2.74. The Bertz CT molecular complexity index is 257. The van der Waals surface area contributed by atoms with E-state index in [0.29, 0.717) is 5.70 Å². The molecule has 0 fully saturated rings. The van der Waals surface area contributed by atoms with Crippen molar-refractivity contribution in [3.63, 3.8) is 0 Å². The highest BCUT2D eigenvalue weighted by molar-refractivity contribution is 5.33. The van der Waals surface area contributed by atoms with E-state index in [9.17, 15) is 0 Å². The van der Waals surface area contributed by atoms with Crippen LogP contribution in [-0.2, 0) is 0 Å². The van der Waals surface area contributed by atoms with Gasteiger partial charge in [-0.05, 0) is 19.1 Å². The zero-order valence-electron chi connectivity index (χ0n) is 6.41. The molecule has 0 radical (unpaired) electrons. The summed E-state index contributed by atoms with van der Waals surface area (Å²) in [5.41, 5.74) is 12.8. The van der Waals surface area contributed by atoms with Gasteiger partial charge in [0.15, 0.2) is 0 Å². The fraction of sp³-hybridized carbons (Fsp3) is 0.375. The Morgan fingerprint density at radius 2 is 2.27 bits per heavy atom. The van der Waals surface area contributed by atoms with Crippen LogP contribution in [0.2, 0.25) is 0 Å². The van der Waals surface area contributed by atoms with Crippen molar-refractivity contribution < 1.29 is 0 Å². The van der Waals surface area contributed by atoms with Gasteiger partial charge < -0.3 is 11.5 Å². The van der Waals surface area contributed by atoms with E-state index in [1.807, 2.05) is 6.92 Å². The molecule has 0 aliphatic heterocycles. The minimum Gasteiger partial charge on any atom is -0.399 e. The largest absolute Gasteiger partial charge is 0.399 e. The maximum Gasteiger partial charge on any atom is 0.0855 e. The number of hydrogen-bond acceptors (Lipinski definition) is 3. The summed E-state index contributed by atoms with van der Waals surface area (Å²) in [6.07, 6.45) is 3.50. The quantitative estimate of drug-likeness (QED) is 0.518. The zero-order chi connectivity index (χ0) is 8.43. The molecular weight excluding hydrogens is 138 g/mol. The van der Waals surface area contributed by atoms with Gasteiger partial charge in [-0.3, -0.25) is 0 Å². The lowest BCUT2D eigenvalue weighted by Gasteiger charge is -2.19. The second kappa shape index (κ2) is 2.77. The molecule has 0 amide bonds. The van der Waals surface area contributed by atoms with Gasteiger partial charge in [-0.1, -0.05) is 5.57 Å². The molecule has 0 saturated heterocycles. The molecular formula is C8H11N3. The summed E-state index contributed by atoms with van der Waals surface area (Å²) in [4.78, 5) is 0. The van der Waals surface area contributed by atoms with Crippen molar-refractivity contribution in [2.45, 2.75) is 13.0 Å². The lowest BCUT2D eigenvalue weighted by atomic mass is 9.90. The first-order valence-corrected chi connectivity index (χ1v) is 3.46. The summed E-state index contributed by atoms with van der Waals surface area (Å²) in [5.74, 6) is -0.264. The van der Waals surface area contributed by atoms with Gasteiger partial charge in [-0.15, -0.1) is 0 Å². The second-order valence-corrected chi connectivity index (χ2v) is 2.74. The van der Waals surface area contributed by atoms with Gasteiger partial charge in [-0.25, -0.2) is 0 Å². The molecule has 3 heteroatoms. The Hall–Kier alpha value is -1.27. The average Bonchev–Trinajstić information content (AvgIpc) is 1.96. The first-order chi connectivity index (χ1) is 5.15. The summed E-state index contributed by atoms with van der Waals surface area (Å²) in [6, 6.07) is 1.90. The predicted molar refractivity (Wildman–Crippen MR) is 43.1 cm³/mol. The minimum atomic E-state index is -0.264. The van der Waals surface area contributed by atoms with Gasteiger partial charge in [0.2, 0.25) is 0 Å². The number of nitriles is 1. The number of rotatable bonds is 0. The molecule has 58 valence electrons.